The van der Waals surface area contributed by atoms with E-state index in [1.165, 1.54) is 22.4 Å². The SMILES string of the molecule is Clc1ccc2c(c1)Cc1ccccc1C1CNCCN21. The predicted molar refractivity (Wildman–Crippen MR) is 83.7 cm³/mol. The Hall–Kier alpha value is -1.51. The first-order valence-corrected chi connectivity index (χ1v) is 7.54. The van der Waals surface area contributed by atoms with Gasteiger partial charge in [0.15, 0.2) is 0 Å². The van der Waals surface area contributed by atoms with Crippen LogP contribution in [-0.4, -0.2) is 19.6 Å². The number of anilines is 1. The largest absolute Gasteiger partial charge is 0.362 e. The molecule has 2 aliphatic heterocycles. The number of hydrogen-bond donors (Lipinski definition) is 1. The highest BCUT2D eigenvalue weighted by atomic mass is 35.5. The van der Waals surface area contributed by atoms with E-state index in [4.69, 9.17) is 11.6 Å². The molecule has 1 unspecified atom stereocenters. The summed E-state index contributed by atoms with van der Waals surface area (Å²) >= 11 is 6.20. The number of rotatable bonds is 0. The predicted octanol–water partition coefficient (Wildman–Crippen LogP) is 3.40. The highest BCUT2D eigenvalue weighted by Crippen LogP contribution is 2.38. The molecule has 1 saturated heterocycles. The van der Waals surface area contributed by atoms with E-state index in [0.29, 0.717) is 6.04 Å². The third kappa shape index (κ3) is 1.91. The summed E-state index contributed by atoms with van der Waals surface area (Å²) < 4.78 is 0. The molecule has 1 N–H and O–H groups in total. The lowest BCUT2D eigenvalue weighted by atomic mass is 9.96. The zero-order valence-electron chi connectivity index (χ0n) is 11.3. The molecule has 3 heteroatoms. The van der Waals surface area contributed by atoms with Crippen LogP contribution in [0, 0.1) is 0 Å². The van der Waals surface area contributed by atoms with E-state index in [9.17, 15) is 0 Å². The average molecular weight is 285 g/mol. The minimum Gasteiger partial charge on any atom is -0.362 e. The highest BCUT2D eigenvalue weighted by Gasteiger charge is 2.30. The molecular formula is C17H17ClN2. The van der Waals surface area contributed by atoms with Crippen LogP contribution in [-0.2, 0) is 6.42 Å². The molecule has 0 bridgehead atoms. The molecule has 0 aromatic heterocycles. The van der Waals surface area contributed by atoms with Gasteiger partial charge < -0.3 is 10.2 Å². The number of benzene rings is 2. The molecule has 20 heavy (non-hydrogen) atoms. The van der Waals surface area contributed by atoms with Crippen LogP contribution in [0.1, 0.15) is 22.7 Å². The van der Waals surface area contributed by atoms with Gasteiger partial charge in [-0.05, 0) is 41.3 Å². The normalized spacial score (nSPS) is 20.6. The summed E-state index contributed by atoms with van der Waals surface area (Å²) in [7, 11) is 0. The Kier molecular flexibility index (Phi) is 2.94. The molecule has 1 atom stereocenters. The summed E-state index contributed by atoms with van der Waals surface area (Å²) in [5.41, 5.74) is 5.56. The molecule has 1 fully saturated rings. The van der Waals surface area contributed by atoms with Crippen LogP contribution in [0.25, 0.3) is 0 Å². The van der Waals surface area contributed by atoms with Crippen molar-refractivity contribution in [1.29, 1.82) is 0 Å². The van der Waals surface area contributed by atoms with Gasteiger partial charge in [0.05, 0.1) is 6.04 Å². The van der Waals surface area contributed by atoms with Crippen molar-refractivity contribution in [2.45, 2.75) is 12.5 Å². The zero-order valence-corrected chi connectivity index (χ0v) is 12.0. The molecule has 0 saturated carbocycles. The van der Waals surface area contributed by atoms with E-state index in [2.05, 4.69) is 46.6 Å². The van der Waals surface area contributed by atoms with Crippen LogP contribution in [0.4, 0.5) is 5.69 Å². The minimum atomic E-state index is 0.433. The number of halogens is 1. The van der Waals surface area contributed by atoms with E-state index < -0.39 is 0 Å². The lowest BCUT2D eigenvalue weighted by Crippen LogP contribution is -2.46. The second-order valence-electron chi connectivity index (χ2n) is 5.56. The summed E-state index contributed by atoms with van der Waals surface area (Å²) in [4.78, 5) is 2.54. The van der Waals surface area contributed by atoms with Crippen LogP contribution in [0.3, 0.4) is 0 Å². The molecule has 0 spiro atoms. The Labute approximate surface area is 124 Å². The summed E-state index contributed by atoms with van der Waals surface area (Å²) in [5.74, 6) is 0. The van der Waals surface area contributed by atoms with Gasteiger partial charge in [-0.25, -0.2) is 0 Å². The van der Waals surface area contributed by atoms with E-state index in [1.807, 2.05) is 6.07 Å². The van der Waals surface area contributed by atoms with Crippen molar-refractivity contribution in [2.24, 2.45) is 0 Å². The number of nitrogens with one attached hydrogen (secondary N) is 1. The molecular weight excluding hydrogens is 268 g/mol. The minimum absolute atomic E-state index is 0.433. The molecule has 2 aromatic carbocycles. The molecule has 0 amide bonds. The molecule has 2 nitrogen and oxygen atoms in total. The number of piperazine rings is 1. The van der Waals surface area contributed by atoms with Crippen molar-refractivity contribution >= 4 is 17.3 Å². The maximum Gasteiger partial charge on any atom is 0.0670 e. The van der Waals surface area contributed by atoms with Gasteiger partial charge in [0.2, 0.25) is 0 Å². The third-order valence-corrected chi connectivity index (χ3v) is 4.62. The van der Waals surface area contributed by atoms with Crippen LogP contribution < -0.4 is 10.2 Å². The first-order chi connectivity index (χ1) is 9.83. The van der Waals surface area contributed by atoms with Crippen molar-refractivity contribution < 1.29 is 0 Å². The molecule has 0 aliphatic carbocycles. The van der Waals surface area contributed by atoms with Gasteiger partial charge >= 0.3 is 0 Å². The Morgan fingerprint density at radius 2 is 2.00 bits per heavy atom. The summed E-state index contributed by atoms with van der Waals surface area (Å²) in [6, 6.07) is 15.5. The van der Waals surface area contributed by atoms with E-state index in [-0.39, 0.29) is 0 Å². The van der Waals surface area contributed by atoms with Crippen LogP contribution in [0.5, 0.6) is 0 Å². The van der Waals surface area contributed by atoms with Crippen LogP contribution >= 0.6 is 11.6 Å². The van der Waals surface area contributed by atoms with Gasteiger partial charge in [-0.2, -0.15) is 0 Å². The number of fused-ring (bicyclic) bond motifs is 5. The standard InChI is InChI=1S/C17H17ClN2/c18-14-5-6-16-13(10-14)9-12-3-1-2-4-15(12)17-11-19-7-8-20(16)17/h1-6,10,17,19H,7-9,11H2. The first-order valence-electron chi connectivity index (χ1n) is 7.16. The van der Waals surface area contributed by atoms with Gasteiger partial charge in [-0.3, -0.25) is 0 Å². The van der Waals surface area contributed by atoms with Crippen molar-refractivity contribution in [3.05, 3.63) is 64.2 Å². The fourth-order valence-corrected chi connectivity index (χ4v) is 3.67. The number of nitrogens with zero attached hydrogens (tertiary/aromatic N) is 1. The van der Waals surface area contributed by atoms with Crippen LogP contribution in [0.2, 0.25) is 5.02 Å². The fraction of sp³-hybridized carbons (Fsp3) is 0.294. The molecule has 2 aliphatic rings. The molecule has 102 valence electrons. The van der Waals surface area contributed by atoms with Crippen molar-refractivity contribution in [3.8, 4) is 0 Å². The van der Waals surface area contributed by atoms with Gasteiger partial charge in [0.25, 0.3) is 0 Å². The molecule has 2 heterocycles. The Morgan fingerprint density at radius 1 is 1.10 bits per heavy atom. The summed E-state index contributed by atoms with van der Waals surface area (Å²) in [6.45, 7) is 3.10. The Bertz CT molecular complexity index is 653. The van der Waals surface area contributed by atoms with Crippen molar-refractivity contribution in [2.75, 3.05) is 24.5 Å². The van der Waals surface area contributed by atoms with Crippen LogP contribution in [0.15, 0.2) is 42.5 Å². The van der Waals surface area contributed by atoms with Crippen molar-refractivity contribution in [3.63, 3.8) is 0 Å². The second kappa shape index (κ2) is 4.80. The zero-order chi connectivity index (χ0) is 13.5. The smallest absolute Gasteiger partial charge is 0.0670 e. The second-order valence-corrected chi connectivity index (χ2v) is 6.00. The molecule has 4 rings (SSSR count). The molecule has 2 aromatic rings. The lowest BCUT2D eigenvalue weighted by molar-refractivity contribution is 0.490. The monoisotopic (exact) mass is 284 g/mol. The fourth-order valence-electron chi connectivity index (χ4n) is 3.47. The topological polar surface area (TPSA) is 15.3 Å². The van der Waals surface area contributed by atoms with E-state index in [1.54, 1.807) is 0 Å². The maximum atomic E-state index is 6.20. The third-order valence-electron chi connectivity index (χ3n) is 4.39. The van der Waals surface area contributed by atoms with E-state index in [0.717, 1.165) is 31.1 Å². The van der Waals surface area contributed by atoms with Gasteiger partial charge in [0, 0.05) is 30.3 Å². The van der Waals surface area contributed by atoms with Gasteiger partial charge in [-0.1, -0.05) is 35.9 Å². The first kappa shape index (κ1) is 12.2. The summed E-state index contributed by atoms with van der Waals surface area (Å²) in [6.07, 6.45) is 0.971. The summed E-state index contributed by atoms with van der Waals surface area (Å²) in [5, 5.41) is 4.36. The highest BCUT2D eigenvalue weighted by molar-refractivity contribution is 6.30. The Balaban J connectivity index is 1.92. The Morgan fingerprint density at radius 3 is 2.95 bits per heavy atom. The lowest BCUT2D eigenvalue weighted by Gasteiger charge is -2.38. The van der Waals surface area contributed by atoms with Gasteiger partial charge in [0.1, 0.15) is 0 Å². The van der Waals surface area contributed by atoms with Gasteiger partial charge in [-0.15, -0.1) is 0 Å². The van der Waals surface area contributed by atoms with E-state index >= 15 is 0 Å². The van der Waals surface area contributed by atoms with Crippen molar-refractivity contribution in [1.82, 2.24) is 5.32 Å². The number of hydrogen-bond acceptors (Lipinski definition) is 2. The molecule has 0 radical (unpaired) electrons. The average Bonchev–Trinajstić information content (AvgIpc) is 2.61. The quantitative estimate of drug-likeness (QED) is 0.798. The maximum absolute atomic E-state index is 6.20.